The Bertz CT molecular complexity index is 932. The summed E-state index contributed by atoms with van der Waals surface area (Å²) in [5.74, 6) is 0.752. The van der Waals surface area contributed by atoms with Gasteiger partial charge in [-0.3, -0.25) is 9.59 Å². The van der Waals surface area contributed by atoms with E-state index in [-0.39, 0.29) is 35.1 Å². The van der Waals surface area contributed by atoms with Gasteiger partial charge in [-0.25, -0.2) is 0 Å². The molecule has 1 amide bonds. The fourth-order valence-corrected chi connectivity index (χ4v) is 3.88. The molecular formula is C18H21N3O5S. The number of amides is 1. The molecule has 144 valence electrons. The van der Waals surface area contributed by atoms with Gasteiger partial charge in [-0.1, -0.05) is 18.7 Å². The molecule has 0 saturated carbocycles. The van der Waals surface area contributed by atoms with E-state index in [0.717, 1.165) is 5.75 Å². The largest absolute Gasteiger partial charge is 0.502 e. The number of hydrogen-bond donors (Lipinski definition) is 2. The fraction of sp³-hybridized carbons (Fsp3) is 0.389. The zero-order chi connectivity index (χ0) is 19.7. The van der Waals surface area contributed by atoms with Gasteiger partial charge in [0.05, 0.1) is 19.8 Å². The number of phenolic OH excluding ortho intramolecular Hbond substituents is 1. The molecule has 2 N–H and O–H groups in total. The third kappa shape index (κ3) is 3.34. The average Bonchev–Trinajstić information content (AvgIpc) is 2.65. The summed E-state index contributed by atoms with van der Waals surface area (Å²) < 4.78 is 12.1. The van der Waals surface area contributed by atoms with Crippen LogP contribution in [-0.4, -0.2) is 40.5 Å². The van der Waals surface area contributed by atoms with Crippen LogP contribution in [-0.2, 0) is 11.8 Å². The van der Waals surface area contributed by atoms with E-state index in [1.807, 2.05) is 6.92 Å². The molecule has 27 heavy (non-hydrogen) atoms. The maximum absolute atomic E-state index is 12.8. The number of carbonyl (C=O) groups is 1. The Kier molecular flexibility index (Phi) is 5.31. The number of aromatic hydroxyl groups is 1. The van der Waals surface area contributed by atoms with E-state index in [2.05, 4.69) is 10.3 Å². The zero-order valence-electron chi connectivity index (χ0n) is 15.5. The number of anilines is 1. The topological polar surface area (TPSA) is 103 Å². The molecular weight excluding hydrogens is 370 g/mol. The summed E-state index contributed by atoms with van der Waals surface area (Å²) in [6.45, 7) is 1.96. The molecule has 8 nitrogen and oxygen atoms in total. The van der Waals surface area contributed by atoms with E-state index < -0.39 is 5.92 Å². The number of carbonyl (C=O) groups excluding carboxylic acids is 1. The average molecular weight is 391 g/mol. The predicted octanol–water partition coefficient (Wildman–Crippen LogP) is 2.09. The van der Waals surface area contributed by atoms with Crippen molar-refractivity contribution in [2.24, 2.45) is 7.05 Å². The molecule has 1 atom stereocenters. The minimum Gasteiger partial charge on any atom is -0.502 e. The normalized spacial score (nSPS) is 15.9. The molecule has 0 radical (unpaired) electrons. The van der Waals surface area contributed by atoms with Gasteiger partial charge in [-0.15, -0.1) is 0 Å². The van der Waals surface area contributed by atoms with Gasteiger partial charge < -0.3 is 24.5 Å². The first-order valence-corrected chi connectivity index (χ1v) is 9.38. The Balaban J connectivity index is 2.22. The summed E-state index contributed by atoms with van der Waals surface area (Å²) in [5, 5.41) is 13.5. The lowest BCUT2D eigenvalue weighted by Gasteiger charge is -2.28. The molecule has 3 rings (SSSR count). The molecule has 1 aliphatic rings. The Morgan fingerprint density at radius 3 is 2.48 bits per heavy atom. The van der Waals surface area contributed by atoms with Crippen molar-refractivity contribution >= 4 is 23.5 Å². The van der Waals surface area contributed by atoms with Crippen LogP contribution in [0.5, 0.6) is 17.2 Å². The Morgan fingerprint density at radius 1 is 1.30 bits per heavy atom. The Morgan fingerprint density at radius 2 is 1.93 bits per heavy atom. The molecule has 0 fully saturated rings. The molecule has 1 aromatic carbocycles. The first kappa shape index (κ1) is 19.1. The standard InChI is InChI=1S/C18H21N3O5S/c1-5-27-18-20-17(24)14-10(8-13(22)19-16(14)21(18)2)9-6-11(25-3)15(23)12(7-9)26-4/h6-7,10,23H,5,8H2,1-4H3,(H,19,22)/t10-/m0/s1. The van der Waals surface area contributed by atoms with E-state index in [1.165, 1.54) is 26.0 Å². The molecule has 2 heterocycles. The molecule has 0 saturated heterocycles. The van der Waals surface area contributed by atoms with E-state index in [1.54, 1.807) is 23.7 Å². The van der Waals surface area contributed by atoms with Crippen LogP contribution in [0.4, 0.5) is 5.82 Å². The molecule has 2 aromatic rings. The molecule has 1 aliphatic heterocycles. The number of methoxy groups -OCH3 is 2. The monoisotopic (exact) mass is 391 g/mol. The van der Waals surface area contributed by atoms with Crippen LogP contribution in [0.25, 0.3) is 0 Å². The first-order chi connectivity index (χ1) is 12.9. The SMILES string of the molecule is CCSc1nc(=O)c2c(n1C)NC(=O)C[C@H]2c1cc(OC)c(O)c(OC)c1. The summed E-state index contributed by atoms with van der Waals surface area (Å²) in [4.78, 5) is 29.3. The van der Waals surface area contributed by atoms with Crippen molar-refractivity contribution < 1.29 is 19.4 Å². The van der Waals surface area contributed by atoms with Crippen molar-refractivity contribution in [3.8, 4) is 17.2 Å². The highest BCUT2D eigenvalue weighted by atomic mass is 32.2. The Hall–Kier alpha value is -2.68. The van der Waals surface area contributed by atoms with Gasteiger partial charge in [0.1, 0.15) is 5.82 Å². The van der Waals surface area contributed by atoms with Crippen LogP contribution in [0.3, 0.4) is 0 Å². The summed E-state index contributed by atoms with van der Waals surface area (Å²) in [6.07, 6.45) is 0.0846. The number of rotatable bonds is 5. The maximum atomic E-state index is 12.8. The molecule has 0 unspecified atom stereocenters. The second kappa shape index (κ2) is 7.51. The second-order valence-electron chi connectivity index (χ2n) is 6.03. The third-order valence-corrected chi connectivity index (χ3v) is 5.39. The lowest BCUT2D eigenvalue weighted by atomic mass is 9.86. The van der Waals surface area contributed by atoms with Gasteiger partial charge in [0.2, 0.25) is 11.7 Å². The minimum absolute atomic E-state index is 0.0846. The Labute approximate surface area is 160 Å². The van der Waals surface area contributed by atoms with Crippen LogP contribution in [0.2, 0.25) is 0 Å². The minimum atomic E-state index is -0.524. The van der Waals surface area contributed by atoms with Gasteiger partial charge in [0.15, 0.2) is 16.7 Å². The smallest absolute Gasteiger partial charge is 0.279 e. The number of nitrogens with zero attached hydrogens (tertiary/aromatic N) is 2. The van der Waals surface area contributed by atoms with E-state index >= 15 is 0 Å². The van der Waals surface area contributed by atoms with Crippen LogP contribution in [0.15, 0.2) is 22.1 Å². The van der Waals surface area contributed by atoms with Crippen LogP contribution < -0.4 is 20.3 Å². The number of benzene rings is 1. The van der Waals surface area contributed by atoms with Gasteiger partial charge in [0.25, 0.3) is 5.56 Å². The molecule has 1 aromatic heterocycles. The highest BCUT2D eigenvalue weighted by Crippen LogP contribution is 2.43. The second-order valence-corrected chi connectivity index (χ2v) is 7.26. The molecule has 9 heteroatoms. The number of hydrogen-bond acceptors (Lipinski definition) is 7. The molecule has 0 aliphatic carbocycles. The fourth-order valence-electron chi connectivity index (χ4n) is 3.19. The van der Waals surface area contributed by atoms with E-state index in [0.29, 0.717) is 22.1 Å². The summed E-state index contributed by atoms with van der Waals surface area (Å²) in [7, 11) is 4.62. The van der Waals surface area contributed by atoms with Gasteiger partial charge in [0, 0.05) is 19.4 Å². The van der Waals surface area contributed by atoms with Crippen molar-refractivity contribution in [1.29, 1.82) is 0 Å². The van der Waals surface area contributed by atoms with Crippen molar-refractivity contribution in [3.63, 3.8) is 0 Å². The van der Waals surface area contributed by atoms with Gasteiger partial charge in [-0.05, 0) is 23.4 Å². The number of fused-ring (bicyclic) bond motifs is 1. The van der Waals surface area contributed by atoms with Gasteiger partial charge >= 0.3 is 0 Å². The van der Waals surface area contributed by atoms with Gasteiger partial charge in [-0.2, -0.15) is 4.98 Å². The lowest BCUT2D eigenvalue weighted by molar-refractivity contribution is -0.116. The number of nitrogens with one attached hydrogen (secondary N) is 1. The van der Waals surface area contributed by atoms with Crippen molar-refractivity contribution in [1.82, 2.24) is 9.55 Å². The summed E-state index contributed by atoms with van der Waals surface area (Å²) >= 11 is 1.43. The predicted molar refractivity (Wildman–Crippen MR) is 102 cm³/mol. The number of ether oxygens (including phenoxy) is 2. The quantitative estimate of drug-likeness (QED) is 0.594. The number of phenols is 1. The van der Waals surface area contributed by atoms with Crippen molar-refractivity contribution in [3.05, 3.63) is 33.6 Å². The maximum Gasteiger partial charge on any atom is 0.279 e. The van der Waals surface area contributed by atoms with Crippen molar-refractivity contribution in [2.45, 2.75) is 24.4 Å². The van der Waals surface area contributed by atoms with Crippen molar-refractivity contribution in [2.75, 3.05) is 25.3 Å². The van der Waals surface area contributed by atoms with Crippen LogP contribution in [0, 0.1) is 0 Å². The molecule has 0 bridgehead atoms. The number of aromatic nitrogens is 2. The lowest BCUT2D eigenvalue weighted by Crippen LogP contribution is -2.33. The van der Waals surface area contributed by atoms with Crippen LogP contribution >= 0.6 is 11.8 Å². The third-order valence-electron chi connectivity index (χ3n) is 4.48. The van der Waals surface area contributed by atoms with Crippen LogP contribution in [0.1, 0.15) is 30.4 Å². The molecule has 0 spiro atoms. The highest BCUT2D eigenvalue weighted by molar-refractivity contribution is 7.99. The summed E-state index contributed by atoms with van der Waals surface area (Å²) in [6, 6.07) is 3.22. The summed E-state index contributed by atoms with van der Waals surface area (Å²) in [5.41, 5.74) is 0.662. The highest BCUT2D eigenvalue weighted by Gasteiger charge is 2.33. The first-order valence-electron chi connectivity index (χ1n) is 8.39. The zero-order valence-corrected chi connectivity index (χ0v) is 16.3. The van der Waals surface area contributed by atoms with E-state index in [9.17, 15) is 14.7 Å². The number of thioether (sulfide) groups is 1. The van der Waals surface area contributed by atoms with E-state index in [4.69, 9.17) is 9.47 Å².